The van der Waals surface area contributed by atoms with E-state index in [0.717, 1.165) is 0 Å². The molecule has 2 atom stereocenters. The van der Waals surface area contributed by atoms with Gasteiger partial charge in [-0.05, 0) is 31.4 Å². The second-order valence-corrected chi connectivity index (χ2v) is 6.06. The Balaban J connectivity index is 2.01. The molecule has 1 heterocycles. The Morgan fingerprint density at radius 2 is 1.91 bits per heavy atom. The highest BCUT2D eigenvalue weighted by molar-refractivity contribution is 7.14. The molecule has 0 aliphatic rings. The Morgan fingerprint density at radius 3 is 2.57 bits per heavy atom. The molecule has 0 aliphatic heterocycles. The zero-order valence-corrected chi connectivity index (χ0v) is 13.6. The van der Waals surface area contributed by atoms with Crippen molar-refractivity contribution < 1.29 is 14.0 Å². The van der Waals surface area contributed by atoms with Crippen molar-refractivity contribution in [2.45, 2.75) is 25.9 Å². The summed E-state index contributed by atoms with van der Waals surface area (Å²) in [5.74, 6) is -1.24. The van der Waals surface area contributed by atoms with E-state index >= 15 is 0 Å². The third-order valence-electron chi connectivity index (χ3n) is 3.43. The maximum Gasteiger partial charge on any atom is 0.251 e. The summed E-state index contributed by atoms with van der Waals surface area (Å²) in [5.41, 5.74) is 6.01. The lowest BCUT2D eigenvalue weighted by Gasteiger charge is -2.20. The fraction of sp³-hybridized carbons (Fsp3) is 0.250. The molecule has 0 bridgehead atoms. The van der Waals surface area contributed by atoms with E-state index in [1.165, 1.54) is 17.4 Å². The van der Waals surface area contributed by atoms with Crippen molar-refractivity contribution >= 4 is 28.2 Å². The van der Waals surface area contributed by atoms with Gasteiger partial charge in [0.2, 0.25) is 5.91 Å². The maximum absolute atomic E-state index is 13.7. The lowest BCUT2D eigenvalue weighted by Crippen LogP contribution is -2.39. The Bertz CT molecular complexity index is 717. The summed E-state index contributed by atoms with van der Waals surface area (Å²) < 4.78 is 13.7. The van der Waals surface area contributed by atoms with Gasteiger partial charge in [-0.15, -0.1) is 11.3 Å². The largest absolute Gasteiger partial charge is 0.366 e. The van der Waals surface area contributed by atoms with Gasteiger partial charge in [0.25, 0.3) is 5.91 Å². The Labute approximate surface area is 137 Å². The lowest BCUT2D eigenvalue weighted by molar-refractivity contribution is -0.117. The van der Waals surface area contributed by atoms with Crippen molar-refractivity contribution in [3.8, 4) is 0 Å². The van der Waals surface area contributed by atoms with E-state index in [9.17, 15) is 14.0 Å². The molecule has 0 saturated carbocycles. The molecule has 2 rings (SSSR count). The number of nitrogens with one attached hydrogen (secondary N) is 2. The van der Waals surface area contributed by atoms with Gasteiger partial charge in [-0.2, -0.15) is 0 Å². The van der Waals surface area contributed by atoms with Gasteiger partial charge in [0.1, 0.15) is 10.8 Å². The summed E-state index contributed by atoms with van der Waals surface area (Å²) in [7, 11) is 0. The second-order valence-electron chi connectivity index (χ2n) is 5.15. The van der Waals surface area contributed by atoms with Crippen molar-refractivity contribution in [3.63, 3.8) is 0 Å². The molecule has 0 saturated heterocycles. The number of benzene rings is 1. The summed E-state index contributed by atoms with van der Waals surface area (Å²) >= 11 is 1.22. The molecule has 5 nitrogen and oxygen atoms in total. The van der Waals surface area contributed by atoms with Crippen LogP contribution >= 0.6 is 11.3 Å². The van der Waals surface area contributed by atoms with E-state index in [0.29, 0.717) is 10.6 Å². The average Bonchev–Trinajstić information content (AvgIpc) is 2.95. The summed E-state index contributed by atoms with van der Waals surface area (Å²) in [6.07, 6.45) is 0. The van der Waals surface area contributed by atoms with E-state index in [1.54, 1.807) is 43.5 Å². The molecule has 4 N–H and O–H groups in total. The average molecular weight is 335 g/mol. The molecule has 7 heteroatoms. The minimum absolute atomic E-state index is 0.276. The smallest absolute Gasteiger partial charge is 0.251 e. The molecule has 2 aromatic rings. The fourth-order valence-corrected chi connectivity index (χ4v) is 2.98. The molecular formula is C16H18FN3O2S. The van der Waals surface area contributed by atoms with Crippen molar-refractivity contribution in [2.24, 2.45) is 5.73 Å². The second kappa shape index (κ2) is 7.34. The molecule has 1 aromatic carbocycles. The van der Waals surface area contributed by atoms with E-state index in [1.807, 2.05) is 0 Å². The first-order valence-corrected chi connectivity index (χ1v) is 7.96. The van der Waals surface area contributed by atoms with E-state index < -0.39 is 11.9 Å². The van der Waals surface area contributed by atoms with Crippen LogP contribution in [0.2, 0.25) is 0 Å². The summed E-state index contributed by atoms with van der Waals surface area (Å²) in [6.45, 7) is 3.45. The number of carbonyl (C=O) groups excluding carboxylic acids is 2. The molecule has 0 fully saturated rings. The highest BCUT2D eigenvalue weighted by Crippen LogP contribution is 2.23. The van der Waals surface area contributed by atoms with Crippen LogP contribution < -0.4 is 16.4 Å². The van der Waals surface area contributed by atoms with E-state index in [4.69, 9.17) is 5.73 Å². The fourth-order valence-electron chi connectivity index (χ4n) is 2.19. The number of hydrogen-bond acceptors (Lipinski definition) is 4. The molecule has 0 aliphatic carbocycles. The maximum atomic E-state index is 13.7. The van der Waals surface area contributed by atoms with Gasteiger partial charge in [0.05, 0.1) is 11.6 Å². The topological polar surface area (TPSA) is 84.2 Å². The van der Waals surface area contributed by atoms with Gasteiger partial charge in [0.15, 0.2) is 0 Å². The third-order valence-corrected chi connectivity index (χ3v) is 4.26. The van der Waals surface area contributed by atoms with Gasteiger partial charge >= 0.3 is 0 Å². The van der Waals surface area contributed by atoms with Crippen molar-refractivity contribution in [1.82, 2.24) is 5.32 Å². The molecule has 0 radical (unpaired) electrons. The minimum Gasteiger partial charge on any atom is -0.366 e. The monoisotopic (exact) mass is 335 g/mol. The number of thiophene rings is 1. The number of nitrogens with two attached hydrogens (primary N) is 1. The predicted molar refractivity (Wildman–Crippen MR) is 88.9 cm³/mol. The van der Waals surface area contributed by atoms with Crippen LogP contribution in [0.15, 0.2) is 35.7 Å². The summed E-state index contributed by atoms with van der Waals surface area (Å²) in [6, 6.07) is 7.05. The van der Waals surface area contributed by atoms with Crippen molar-refractivity contribution in [1.29, 1.82) is 0 Å². The zero-order valence-electron chi connectivity index (χ0n) is 12.8. The van der Waals surface area contributed by atoms with E-state index in [2.05, 4.69) is 10.6 Å². The first kappa shape index (κ1) is 17.1. The molecule has 2 amide bonds. The number of primary amides is 1. The lowest BCUT2D eigenvalue weighted by atomic mass is 10.1. The first-order valence-electron chi connectivity index (χ1n) is 7.08. The highest BCUT2D eigenvalue weighted by atomic mass is 32.1. The minimum atomic E-state index is -0.595. The SMILES string of the molecule is C[C@H](N[C@H](C)C(=O)Nc1sccc1C(N)=O)c1ccccc1F. The summed E-state index contributed by atoms with van der Waals surface area (Å²) in [5, 5.41) is 7.79. The van der Waals surface area contributed by atoms with Crippen molar-refractivity contribution in [3.05, 3.63) is 52.7 Å². The van der Waals surface area contributed by atoms with Gasteiger partial charge in [-0.3, -0.25) is 14.9 Å². The Hall–Kier alpha value is -2.25. The third kappa shape index (κ3) is 4.14. The number of halogens is 1. The van der Waals surface area contributed by atoms with Gasteiger partial charge in [0, 0.05) is 11.6 Å². The molecular weight excluding hydrogens is 317 g/mol. The van der Waals surface area contributed by atoms with Crippen LogP contribution in [0.4, 0.5) is 9.39 Å². The number of carbonyl (C=O) groups is 2. The number of anilines is 1. The van der Waals surface area contributed by atoms with Crippen LogP contribution in [0, 0.1) is 5.82 Å². The standard InChI is InChI=1S/C16H18FN3O2S/c1-9(11-5-3-4-6-13(11)17)19-10(2)15(22)20-16-12(14(18)21)7-8-23-16/h3-10,19H,1-2H3,(H2,18,21)(H,20,22)/t9-,10+/m0/s1. The van der Waals surface area contributed by atoms with Crippen LogP contribution in [0.5, 0.6) is 0 Å². The van der Waals surface area contributed by atoms with Crippen LogP contribution in [-0.2, 0) is 4.79 Å². The first-order chi connectivity index (χ1) is 10.9. The molecule has 0 spiro atoms. The summed E-state index contributed by atoms with van der Waals surface area (Å²) in [4.78, 5) is 23.5. The molecule has 0 unspecified atom stereocenters. The van der Waals surface area contributed by atoms with Crippen LogP contribution in [0.3, 0.4) is 0 Å². The number of rotatable bonds is 6. The number of hydrogen-bond donors (Lipinski definition) is 3. The van der Waals surface area contributed by atoms with Crippen LogP contribution in [-0.4, -0.2) is 17.9 Å². The normalized spacial score (nSPS) is 13.3. The Kier molecular flexibility index (Phi) is 5.46. The van der Waals surface area contributed by atoms with Crippen LogP contribution in [0.1, 0.15) is 35.8 Å². The Morgan fingerprint density at radius 1 is 1.22 bits per heavy atom. The zero-order chi connectivity index (χ0) is 17.0. The molecule has 1 aromatic heterocycles. The molecule has 23 heavy (non-hydrogen) atoms. The predicted octanol–water partition coefficient (Wildman–Crippen LogP) is 2.66. The highest BCUT2D eigenvalue weighted by Gasteiger charge is 2.20. The quantitative estimate of drug-likeness (QED) is 0.759. The van der Waals surface area contributed by atoms with Gasteiger partial charge < -0.3 is 11.1 Å². The number of amides is 2. The van der Waals surface area contributed by atoms with Gasteiger partial charge in [-0.1, -0.05) is 18.2 Å². The van der Waals surface area contributed by atoms with Gasteiger partial charge in [-0.25, -0.2) is 4.39 Å². The van der Waals surface area contributed by atoms with Crippen molar-refractivity contribution in [2.75, 3.05) is 5.32 Å². The molecule has 122 valence electrons. The van der Waals surface area contributed by atoms with E-state index in [-0.39, 0.29) is 23.3 Å². The van der Waals surface area contributed by atoms with Crippen LogP contribution in [0.25, 0.3) is 0 Å².